The van der Waals surface area contributed by atoms with E-state index in [1.165, 1.54) is 6.26 Å². The van der Waals surface area contributed by atoms with Gasteiger partial charge in [-0.3, -0.25) is 0 Å². The van der Waals surface area contributed by atoms with Gasteiger partial charge in [-0.2, -0.15) is 0 Å². The molecular formula is C14H13O4-. The summed E-state index contributed by atoms with van der Waals surface area (Å²) in [4.78, 5) is 10.9. The topological polar surface area (TPSA) is 62.5 Å². The number of furan rings is 1. The molecule has 0 fully saturated rings. The van der Waals surface area contributed by atoms with Crippen LogP contribution in [0.3, 0.4) is 0 Å². The first-order valence-electron chi connectivity index (χ1n) is 5.58. The number of hydrogen-bond acceptors (Lipinski definition) is 4. The van der Waals surface area contributed by atoms with Crippen LogP contribution in [-0.4, -0.2) is 13.1 Å². The molecule has 0 amide bonds. The van der Waals surface area contributed by atoms with Crippen molar-refractivity contribution in [1.29, 1.82) is 0 Å². The van der Waals surface area contributed by atoms with E-state index in [1.54, 1.807) is 25.3 Å². The normalized spacial score (nSPS) is 12.1. The summed E-state index contributed by atoms with van der Waals surface area (Å²) in [5.41, 5.74) is 0.777. The maximum absolute atomic E-state index is 10.9. The van der Waals surface area contributed by atoms with Crippen molar-refractivity contribution in [2.75, 3.05) is 7.11 Å². The fourth-order valence-corrected chi connectivity index (χ4v) is 1.97. The number of benzene rings is 1. The Kier molecular flexibility index (Phi) is 3.67. The number of aliphatic carboxylic acids is 1. The standard InChI is InChI=1S/C14H14O4/c1-17-12-6-3-2-5-10(12)11(9-14(15)16)13-7-4-8-18-13/h2-8,11H,9H2,1H3,(H,15,16)/p-1/t11-/m0/s1. The van der Waals surface area contributed by atoms with Crippen LogP contribution < -0.4 is 9.84 Å². The Labute approximate surface area is 105 Å². The number of ether oxygens (including phenoxy) is 1. The average Bonchev–Trinajstić information content (AvgIpc) is 2.89. The molecule has 0 spiro atoms. The molecule has 2 rings (SSSR count). The Balaban J connectivity index is 2.43. The molecule has 18 heavy (non-hydrogen) atoms. The monoisotopic (exact) mass is 245 g/mol. The summed E-state index contributed by atoms with van der Waals surface area (Å²) in [5, 5.41) is 10.9. The van der Waals surface area contributed by atoms with Gasteiger partial charge in [0.1, 0.15) is 11.5 Å². The van der Waals surface area contributed by atoms with Crippen LogP contribution in [0.1, 0.15) is 23.7 Å². The zero-order chi connectivity index (χ0) is 13.0. The molecule has 0 saturated heterocycles. The molecule has 0 aliphatic carbocycles. The highest BCUT2D eigenvalue weighted by Crippen LogP contribution is 2.34. The molecule has 2 aromatic rings. The first-order valence-corrected chi connectivity index (χ1v) is 5.58. The second-order valence-electron chi connectivity index (χ2n) is 3.89. The van der Waals surface area contributed by atoms with Gasteiger partial charge in [-0.1, -0.05) is 18.2 Å². The fourth-order valence-electron chi connectivity index (χ4n) is 1.97. The minimum atomic E-state index is -1.12. The molecule has 0 radical (unpaired) electrons. The molecular weight excluding hydrogens is 232 g/mol. The third kappa shape index (κ3) is 2.53. The van der Waals surface area contributed by atoms with Crippen molar-refractivity contribution in [2.45, 2.75) is 12.3 Å². The van der Waals surface area contributed by atoms with Gasteiger partial charge in [0.05, 0.1) is 19.3 Å². The highest BCUT2D eigenvalue weighted by Gasteiger charge is 2.20. The van der Waals surface area contributed by atoms with Crippen molar-refractivity contribution < 1.29 is 19.1 Å². The van der Waals surface area contributed by atoms with Crippen molar-refractivity contribution in [3.63, 3.8) is 0 Å². The van der Waals surface area contributed by atoms with Crippen LogP contribution >= 0.6 is 0 Å². The van der Waals surface area contributed by atoms with E-state index in [0.717, 1.165) is 5.56 Å². The van der Waals surface area contributed by atoms with Gasteiger partial charge in [0, 0.05) is 18.0 Å². The van der Waals surface area contributed by atoms with E-state index >= 15 is 0 Å². The van der Waals surface area contributed by atoms with E-state index in [-0.39, 0.29) is 6.42 Å². The molecule has 0 N–H and O–H groups in total. The lowest BCUT2D eigenvalue weighted by Gasteiger charge is -2.18. The molecule has 4 heteroatoms. The first-order chi connectivity index (χ1) is 8.72. The van der Waals surface area contributed by atoms with Crippen LogP contribution in [0.25, 0.3) is 0 Å². The SMILES string of the molecule is COc1ccccc1[C@H](CC(=O)[O-])c1ccco1. The second kappa shape index (κ2) is 5.40. The number of rotatable bonds is 5. The van der Waals surface area contributed by atoms with Crippen molar-refractivity contribution >= 4 is 5.97 Å². The summed E-state index contributed by atoms with van der Waals surface area (Å²) in [6.45, 7) is 0. The Hall–Kier alpha value is -2.23. The van der Waals surface area contributed by atoms with Crippen molar-refractivity contribution in [3.8, 4) is 5.75 Å². The Morgan fingerprint density at radius 1 is 1.33 bits per heavy atom. The molecule has 0 aliphatic heterocycles. The maximum Gasteiger partial charge on any atom is 0.122 e. The zero-order valence-corrected chi connectivity index (χ0v) is 9.96. The highest BCUT2D eigenvalue weighted by molar-refractivity contribution is 5.67. The number of carbonyl (C=O) groups is 1. The van der Waals surface area contributed by atoms with E-state index in [4.69, 9.17) is 9.15 Å². The number of methoxy groups -OCH3 is 1. The summed E-state index contributed by atoms with van der Waals surface area (Å²) < 4.78 is 10.6. The van der Waals surface area contributed by atoms with Gasteiger partial charge >= 0.3 is 0 Å². The van der Waals surface area contributed by atoms with E-state index < -0.39 is 11.9 Å². The predicted octanol–water partition coefficient (Wildman–Crippen LogP) is 1.56. The van der Waals surface area contributed by atoms with Crippen molar-refractivity contribution in [3.05, 3.63) is 54.0 Å². The minimum Gasteiger partial charge on any atom is -0.550 e. The summed E-state index contributed by atoms with van der Waals surface area (Å²) >= 11 is 0. The van der Waals surface area contributed by atoms with Gasteiger partial charge in [0.15, 0.2) is 0 Å². The number of para-hydroxylation sites is 1. The van der Waals surface area contributed by atoms with E-state index in [9.17, 15) is 9.90 Å². The van der Waals surface area contributed by atoms with Crippen LogP contribution in [0, 0.1) is 0 Å². The van der Waals surface area contributed by atoms with Crippen LogP contribution in [0.2, 0.25) is 0 Å². The summed E-state index contributed by atoms with van der Waals surface area (Å²) in [7, 11) is 1.55. The van der Waals surface area contributed by atoms with Gasteiger partial charge in [0.2, 0.25) is 0 Å². The van der Waals surface area contributed by atoms with Crippen LogP contribution in [0.5, 0.6) is 5.75 Å². The number of carbonyl (C=O) groups excluding carboxylic acids is 1. The molecule has 0 aliphatic rings. The molecule has 0 saturated carbocycles. The van der Waals surface area contributed by atoms with E-state index in [0.29, 0.717) is 11.5 Å². The van der Waals surface area contributed by atoms with Crippen LogP contribution in [0.4, 0.5) is 0 Å². The van der Waals surface area contributed by atoms with Crippen molar-refractivity contribution in [1.82, 2.24) is 0 Å². The highest BCUT2D eigenvalue weighted by atomic mass is 16.5. The molecule has 94 valence electrons. The average molecular weight is 245 g/mol. The minimum absolute atomic E-state index is 0.145. The quantitative estimate of drug-likeness (QED) is 0.802. The Bertz CT molecular complexity index is 516. The summed E-state index contributed by atoms with van der Waals surface area (Å²) in [5.74, 6) is -0.299. The van der Waals surface area contributed by atoms with Crippen molar-refractivity contribution in [2.24, 2.45) is 0 Å². The summed E-state index contributed by atoms with van der Waals surface area (Å²) in [6.07, 6.45) is 1.38. The van der Waals surface area contributed by atoms with Gasteiger partial charge in [-0.25, -0.2) is 0 Å². The number of carboxylic acid groups (broad SMARTS) is 1. The molecule has 1 aromatic heterocycles. The lowest BCUT2D eigenvalue weighted by atomic mass is 9.92. The molecule has 1 aromatic carbocycles. The largest absolute Gasteiger partial charge is 0.550 e. The van der Waals surface area contributed by atoms with Gasteiger partial charge in [-0.15, -0.1) is 0 Å². The molecule has 1 atom stereocenters. The fraction of sp³-hybridized carbons (Fsp3) is 0.214. The van der Waals surface area contributed by atoms with Gasteiger partial charge < -0.3 is 19.1 Å². The van der Waals surface area contributed by atoms with Crippen LogP contribution in [0.15, 0.2) is 47.1 Å². The maximum atomic E-state index is 10.9. The smallest absolute Gasteiger partial charge is 0.122 e. The lowest BCUT2D eigenvalue weighted by molar-refractivity contribution is -0.306. The van der Waals surface area contributed by atoms with E-state index in [2.05, 4.69) is 0 Å². The first kappa shape index (κ1) is 12.2. The Morgan fingerprint density at radius 3 is 2.72 bits per heavy atom. The third-order valence-electron chi connectivity index (χ3n) is 2.77. The molecule has 0 bridgehead atoms. The number of carboxylic acids is 1. The third-order valence-corrected chi connectivity index (χ3v) is 2.77. The lowest BCUT2D eigenvalue weighted by Crippen LogP contribution is -2.25. The summed E-state index contributed by atoms with van der Waals surface area (Å²) in [6, 6.07) is 10.8. The molecule has 1 heterocycles. The predicted molar refractivity (Wildman–Crippen MR) is 63.2 cm³/mol. The molecule has 0 unspecified atom stereocenters. The van der Waals surface area contributed by atoms with Gasteiger partial charge in [0.25, 0.3) is 0 Å². The molecule has 4 nitrogen and oxygen atoms in total. The number of hydrogen-bond donors (Lipinski definition) is 0. The van der Waals surface area contributed by atoms with Crippen LogP contribution in [-0.2, 0) is 4.79 Å². The van der Waals surface area contributed by atoms with E-state index in [1.807, 2.05) is 18.2 Å². The zero-order valence-electron chi connectivity index (χ0n) is 9.96. The Morgan fingerprint density at radius 2 is 2.11 bits per heavy atom. The van der Waals surface area contributed by atoms with Gasteiger partial charge in [-0.05, 0) is 18.2 Å². The second-order valence-corrected chi connectivity index (χ2v) is 3.89.